The molecule has 1 aliphatic heterocycles. The van der Waals surface area contributed by atoms with Crippen LogP contribution >= 0.6 is 11.6 Å². The number of guanidine groups is 1. The van der Waals surface area contributed by atoms with Gasteiger partial charge in [0.2, 0.25) is 0 Å². The SMILES string of the molecule is COc1ccccc1NC(N)=NCc1cc(Cl)c2c(c1)OCCO2. The zero-order valence-corrected chi connectivity index (χ0v) is 14.0. The number of anilines is 1. The summed E-state index contributed by atoms with van der Waals surface area (Å²) in [5, 5.41) is 3.53. The molecule has 1 aliphatic rings. The summed E-state index contributed by atoms with van der Waals surface area (Å²) in [7, 11) is 1.60. The summed E-state index contributed by atoms with van der Waals surface area (Å²) in [4.78, 5) is 4.33. The number of nitrogens with zero attached hydrogens (tertiary/aromatic N) is 1. The van der Waals surface area contributed by atoms with Gasteiger partial charge in [-0.15, -0.1) is 0 Å². The van der Waals surface area contributed by atoms with Gasteiger partial charge < -0.3 is 25.3 Å². The summed E-state index contributed by atoms with van der Waals surface area (Å²) >= 11 is 6.22. The standard InChI is InChI=1S/C17H18ClN3O3/c1-22-14-5-3-2-4-13(14)21-17(19)20-10-11-8-12(18)16-15(9-11)23-6-7-24-16/h2-5,8-9H,6-7,10H2,1H3,(H3,19,20,21). The highest BCUT2D eigenvalue weighted by molar-refractivity contribution is 6.32. The van der Waals surface area contributed by atoms with Gasteiger partial charge in [0.1, 0.15) is 19.0 Å². The molecule has 0 radical (unpaired) electrons. The third-order valence-corrected chi connectivity index (χ3v) is 3.74. The summed E-state index contributed by atoms with van der Waals surface area (Å²) in [6.45, 7) is 1.37. The van der Waals surface area contributed by atoms with Crippen LogP contribution in [-0.2, 0) is 6.54 Å². The Hall–Kier alpha value is -2.60. The highest BCUT2D eigenvalue weighted by Gasteiger charge is 2.16. The minimum Gasteiger partial charge on any atom is -0.495 e. The van der Waals surface area contributed by atoms with Crippen molar-refractivity contribution in [2.45, 2.75) is 6.54 Å². The lowest BCUT2D eigenvalue weighted by atomic mass is 10.2. The average molecular weight is 348 g/mol. The van der Waals surface area contributed by atoms with Crippen LogP contribution in [0.2, 0.25) is 5.02 Å². The lowest BCUT2D eigenvalue weighted by Crippen LogP contribution is -2.23. The molecule has 0 saturated heterocycles. The fourth-order valence-corrected chi connectivity index (χ4v) is 2.65. The third kappa shape index (κ3) is 3.65. The smallest absolute Gasteiger partial charge is 0.193 e. The van der Waals surface area contributed by atoms with E-state index in [0.29, 0.717) is 42.0 Å². The van der Waals surface area contributed by atoms with Gasteiger partial charge in [-0.2, -0.15) is 0 Å². The van der Waals surface area contributed by atoms with Crippen molar-refractivity contribution in [1.82, 2.24) is 0 Å². The molecule has 0 spiro atoms. The van der Waals surface area contributed by atoms with Crippen LogP contribution in [0.25, 0.3) is 0 Å². The van der Waals surface area contributed by atoms with Crippen LogP contribution in [0.15, 0.2) is 41.4 Å². The molecule has 1 heterocycles. The number of aliphatic imine (C=N–C) groups is 1. The maximum absolute atomic E-state index is 6.22. The van der Waals surface area contributed by atoms with Crippen LogP contribution in [0.5, 0.6) is 17.2 Å². The van der Waals surface area contributed by atoms with Gasteiger partial charge in [-0.25, -0.2) is 4.99 Å². The molecule has 7 heteroatoms. The minimum atomic E-state index is 0.283. The normalized spacial score (nSPS) is 13.5. The predicted octanol–water partition coefficient (Wildman–Crippen LogP) is 3.05. The number of fused-ring (bicyclic) bond motifs is 1. The minimum absolute atomic E-state index is 0.283. The first kappa shape index (κ1) is 16.3. The number of ether oxygens (including phenoxy) is 3. The van der Waals surface area contributed by atoms with Crippen LogP contribution in [0, 0.1) is 0 Å². The lowest BCUT2D eigenvalue weighted by molar-refractivity contribution is 0.171. The number of rotatable bonds is 4. The van der Waals surface area contributed by atoms with E-state index in [9.17, 15) is 0 Å². The number of nitrogens with one attached hydrogen (secondary N) is 1. The molecule has 0 aliphatic carbocycles. The highest BCUT2D eigenvalue weighted by atomic mass is 35.5. The molecule has 0 bridgehead atoms. The second kappa shape index (κ2) is 7.31. The van der Waals surface area contributed by atoms with Gasteiger partial charge in [0.05, 0.1) is 24.4 Å². The second-order valence-electron chi connectivity index (χ2n) is 5.13. The molecular formula is C17H18ClN3O3. The number of hydrogen-bond donors (Lipinski definition) is 2. The molecule has 24 heavy (non-hydrogen) atoms. The molecule has 0 unspecified atom stereocenters. The molecule has 0 amide bonds. The monoisotopic (exact) mass is 347 g/mol. The Kier molecular flexibility index (Phi) is 4.96. The van der Waals surface area contributed by atoms with Gasteiger partial charge in [-0.3, -0.25) is 0 Å². The number of benzene rings is 2. The van der Waals surface area contributed by atoms with E-state index >= 15 is 0 Å². The molecule has 2 aromatic rings. The first-order chi connectivity index (χ1) is 11.7. The fraction of sp³-hybridized carbons (Fsp3) is 0.235. The van der Waals surface area contributed by atoms with Crippen LogP contribution in [0.1, 0.15) is 5.56 Å². The molecule has 0 aromatic heterocycles. The van der Waals surface area contributed by atoms with Crippen molar-refractivity contribution in [3.05, 3.63) is 47.0 Å². The zero-order chi connectivity index (χ0) is 16.9. The highest BCUT2D eigenvalue weighted by Crippen LogP contribution is 2.38. The summed E-state index contributed by atoms with van der Waals surface area (Å²) in [5.74, 6) is 2.19. The van der Waals surface area contributed by atoms with E-state index in [4.69, 9.17) is 31.5 Å². The fourth-order valence-electron chi connectivity index (χ4n) is 2.36. The second-order valence-corrected chi connectivity index (χ2v) is 5.54. The first-order valence-electron chi connectivity index (χ1n) is 7.45. The van der Waals surface area contributed by atoms with E-state index in [-0.39, 0.29) is 5.96 Å². The number of hydrogen-bond acceptors (Lipinski definition) is 4. The van der Waals surface area contributed by atoms with Crippen molar-refractivity contribution in [3.63, 3.8) is 0 Å². The molecule has 0 fully saturated rings. The van der Waals surface area contributed by atoms with Crippen molar-refractivity contribution < 1.29 is 14.2 Å². The number of halogens is 1. The van der Waals surface area contributed by atoms with Crippen molar-refractivity contribution in [2.24, 2.45) is 10.7 Å². The molecule has 3 N–H and O–H groups in total. The van der Waals surface area contributed by atoms with Gasteiger partial charge in [0, 0.05) is 0 Å². The Balaban J connectivity index is 1.72. The van der Waals surface area contributed by atoms with E-state index < -0.39 is 0 Å². The Labute approximate surface area is 145 Å². The molecule has 2 aromatic carbocycles. The van der Waals surface area contributed by atoms with E-state index in [2.05, 4.69) is 10.3 Å². The maximum Gasteiger partial charge on any atom is 0.193 e. The number of para-hydroxylation sites is 2. The Morgan fingerprint density at radius 1 is 1.29 bits per heavy atom. The zero-order valence-electron chi connectivity index (χ0n) is 13.2. The Bertz CT molecular complexity index is 765. The van der Waals surface area contributed by atoms with Crippen LogP contribution in [0.4, 0.5) is 5.69 Å². The third-order valence-electron chi connectivity index (χ3n) is 3.46. The van der Waals surface area contributed by atoms with E-state index in [1.165, 1.54) is 0 Å². The Morgan fingerprint density at radius 2 is 2.08 bits per heavy atom. The first-order valence-corrected chi connectivity index (χ1v) is 7.83. The molecular weight excluding hydrogens is 330 g/mol. The van der Waals surface area contributed by atoms with Gasteiger partial charge in [-0.05, 0) is 29.8 Å². The molecule has 126 valence electrons. The predicted molar refractivity (Wildman–Crippen MR) is 94.4 cm³/mol. The summed E-state index contributed by atoms with van der Waals surface area (Å²) in [6.07, 6.45) is 0. The van der Waals surface area contributed by atoms with Crippen LogP contribution in [-0.4, -0.2) is 26.3 Å². The van der Waals surface area contributed by atoms with E-state index in [1.54, 1.807) is 13.2 Å². The number of nitrogens with two attached hydrogens (primary N) is 1. The van der Waals surface area contributed by atoms with Crippen LogP contribution in [0.3, 0.4) is 0 Å². The largest absolute Gasteiger partial charge is 0.495 e. The van der Waals surface area contributed by atoms with Gasteiger partial charge >= 0.3 is 0 Å². The lowest BCUT2D eigenvalue weighted by Gasteiger charge is -2.20. The van der Waals surface area contributed by atoms with Crippen molar-refractivity contribution in [3.8, 4) is 17.2 Å². The van der Waals surface area contributed by atoms with Crippen molar-refractivity contribution in [2.75, 3.05) is 25.6 Å². The topological polar surface area (TPSA) is 78.1 Å². The molecule has 0 atom stereocenters. The molecule has 0 saturated carbocycles. The molecule has 6 nitrogen and oxygen atoms in total. The quantitative estimate of drug-likeness (QED) is 0.656. The summed E-state index contributed by atoms with van der Waals surface area (Å²) in [6, 6.07) is 11.1. The van der Waals surface area contributed by atoms with Gasteiger partial charge in [0.15, 0.2) is 17.5 Å². The van der Waals surface area contributed by atoms with Gasteiger partial charge in [0.25, 0.3) is 0 Å². The summed E-state index contributed by atoms with van der Waals surface area (Å²) in [5.41, 5.74) is 7.58. The van der Waals surface area contributed by atoms with Crippen molar-refractivity contribution in [1.29, 1.82) is 0 Å². The number of methoxy groups -OCH3 is 1. The van der Waals surface area contributed by atoms with E-state index in [1.807, 2.05) is 30.3 Å². The summed E-state index contributed by atoms with van der Waals surface area (Å²) < 4.78 is 16.3. The Morgan fingerprint density at radius 3 is 2.92 bits per heavy atom. The average Bonchev–Trinajstić information content (AvgIpc) is 2.60. The maximum atomic E-state index is 6.22. The van der Waals surface area contributed by atoms with E-state index in [0.717, 1.165) is 11.3 Å². The molecule has 3 rings (SSSR count). The van der Waals surface area contributed by atoms with Crippen LogP contribution < -0.4 is 25.3 Å². The van der Waals surface area contributed by atoms with Crippen molar-refractivity contribution >= 4 is 23.2 Å². The van der Waals surface area contributed by atoms with Gasteiger partial charge in [-0.1, -0.05) is 23.7 Å².